The molecular formula is C23H37N5O4. The van der Waals surface area contributed by atoms with Gasteiger partial charge in [-0.1, -0.05) is 6.42 Å². The van der Waals surface area contributed by atoms with Crippen molar-refractivity contribution >= 4 is 17.7 Å². The van der Waals surface area contributed by atoms with E-state index in [4.69, 9.17) is 4.74 Å². The molecule has 9 heteroatoms. The number of nitrogens with zero attached hydrogens (tertiary/aromatic N) is 3. The lowest BCUT2D eigenvalue weighted by atomic mass is 9.73. The molecule has 2 aliphatic heterocycles. The maximum Gasteiger partial charge on any atom is 0.272 e. The highest BCUT2D eigenvalue weighted by Crippen LogP contribution is 2.37. The second-order valence-electron chi connectivity index (χ2n) is 8.97. The van der Waals surface area contributed by atoms with Crippen LogP contribution in [0.2, 0.25) is 0 Å². The maximum atomic E-state index is 13.3. The van der Waals surface area contributed by atoms with Gasteiger partial charge in [-0.3, -0.25) is 19.1 Å². The predicted molar refractivity (Wildman–Crippen MR) is 120 cm³/mol. The van der Waals surface area contributed by atoms with Crippen molar-refractivity contribution in [1.82, 2.24) is 25.3 Å². The summed E-state index contributed by atoms with van der Waals surface area (Å²) in [6.07, 6.45) is 4.43. The number of amides is 3. The average Bonchev–Trinajstić information content (AvgIpc) is 3.17. The highest BCUT2D eigenvalue weighted by molar-refractivity contribution is 5.93. The van der Waals surface area contributed by atoms with Gasteiger partial charge in [0.1, 0.15) is 11.7 Å². The van der Waals surface area contributed by atoms with Gasteiger partial charge < -0.3 is 20.3 Å². The summed E-state index contributed by atoms with van der Waals surface area (Å²) < 4.78 is 7.38. The zero-order chi connectivity index (χ0) is 23.1. The Hall–Kier alpha value is -2.42. The lowest BCUT2D eigenvalue weighted by Gasteiger charge is -2.41. The number of aromatic nitrogens is 2. The molecule has 1 aromatic heterocycles. The van der Waals surface area contributed by atoms with E-state index in [1.807, 2.05) is 24.8 Å². The van der Waals surface area contributed by atoms with Crippen LogP contribution in [0.4, 0.5) is 0 Å². The molecule has 2 fully saturated rings. The molecule has 0 radical (unpaired) electrons. The second kappa shape index (κ2) is 10.9. The fourth-order valence-electron chi connectivity index (χ4n) is 4.57. The van der Waals surface area contributed by atoms with E-state index in [-0.39, 0.29) is 17.7 Å². The minimum Gasteiger partial charge on any atom is -0.381 e. The summed E-state index contributed by atoms with van der Waals surface area (Å²) >= 11 is 0. The standard InChI is InChI=1S/C23H37N5O4/c1-4-28-19(16-17(2)26-28)21(30)27-12-9-23(10-13-27)8-5-6-14-32-15-7-11-24-20(29)18(3)25-22(23)31/h16,18H,4-15H2,1-3H3,(H,24,29)(H,25,31)/t18-/m0/s1. The molecule has 0 aromatic carbocycles. The number of carbonyl (C=O) groups excluding carboxylic acids is 3. The molecule has 2 saturated heterocycles. The molecule has 1 spiro atoms. The first kappa shape index (κ1) is 24.2. The number of carbonyl (C=O) groups is 3. The number of likely N-dealkylation sites (tertiary alicyclic amines) is 1. The van der Waals surface area contributed by atoms with Gasteiger partial charge in [0.2, 0.25) is 11.8 Å². The van der Waals surface area contributed by atoms with E-state index < -0.39 is 11.5 Å². The Kier molecular flexibility index (Phi) is 8.28. The van der Waals surface area contributed by atoms with Gasteiger partial charge in [-0.05, 0) is 58.9 Å². The first-order valence-corrected chi connectivity index (χ1v) is 11.9. The summed E-state index contributed by atoms with van der Waals surface area (Å²) in [6, 6.07) is 1.23. The maximum absolute atomic E-state index is 13.3. The van der Waals surface area contributed by atoms with Crippen LogP contribution in [0.1, 0.15) is 68.6 Å². The van der Waals surface area contributed by atoms with Crippen LogP contribution in [0.5, 0.6) is 0 Å². The average molecular weight is 448 g/mol. The van der Waals surface area contributed by atoms with Crippen LogP contribution in [0.15, 0.2) is 6.07 Å². The van der Waals surface area contributed by atoms with Crippen LogP contribution in [0, 0.1) is 12.3 Å². The number of aryl methyl sites for hydroxylation is 2. The van der Waals surface area contributed by atoms with Gasteiger partial charge in [-0.2, -0.15) is 5.10 Å². The first-order chi connectivity index (χ1) is 15.4. The zero-order valence-corrected chi connectivity index (χ0v) is 19.6. The van der Waals surface area contributed by atoms with Crippen molar-refractivity contribution in [2.45, 2.75) is 71.9 Å². The summed E-state index contributed by atoms with van der Waals surface area (Å²) in [5.74, 6) is -0.300. The topological polar surface area (TPSA) is 106 Å². The third-order valence-electron chi connectivity index (χ3n) is 6.61. The minimum atomic E-state index is -0.593. The highest BCUT2D eigenvalue weighted by Gasteiger charge is 2.42. The number of hydrogen-bond acceptors (Lipinski definition) is 5. The van der Waals surface area contributed by atoms with Crippen LogP contribution >= 0.6 is 0 Å². The fraction of sp³-hybridized carbons (Fsp3) is 0.739. The van der Waals surface area contributed by atoms with Gasteiger partial charge >= 0.3 is 0 Å². The summed E-state index contributed by atoms with van der Waals surface area (Å²) in [5, 5.41) is 10.2. The number of nitrogens with one attached hydrogen (secondary N) is 2. The molecule has 0 saturated carbocycles. The molecular weight excluding hydrogens is 410 g/mol. The highest BCUT2D eigenvalue weighted by atomic mass is 16.5. The fourth-order valence-corrected chi connectivity index (χ4v) is 4.57. The van der Waals surface area contributed by atoms with Crippen LogP contribution in [0.3, 0.4) is 0 Å². The van der Waals surface area contributed by atoms with Crippen molar-refractivity contribution in [1.29, 1.82) is 0 Å². The van der Waals surface area contributed by atoms with E-state index >= 15 is 0 Å². The third-order valence-corrected chi connectivity index (χ3v) is 6.61. The van der Waals surface area contributed by atoms with Crippen molar-refractivity contribution in [2.75, 3.05) is 32.8 Å². The minimum absolute atomic E-state index is 0.0373. The number of rotatable bonds is 2. The molecule has 2 N–H and O–H groups in total. The predicted octanol–water partition coefficient (Wildman–Crippen LogP) is 1.65. The van der Waals surface area contributed by atoms with Crippen molar-refractivity contribution < 1.29 is 19.1 Å². The molecule has 9 nitrogen and oxygen atoms in total. The van der Waals surface area contributed by atoms with Gasteiger partial charge in [-0.15, -0.1) is 0 Å². The van der Waals surface area contributed by atoms with Crippen molar-refractivity contribution in [2.24, 2.45) is 5.41 Å². The molecule has 178 valence electrons. The lowest BCUT2D eigenvalue weighted by molar-refractivity contribution is -0.137. The quantitative estimate of drug-likeness (QED) is 0.717. The lowest BCUT2D eigenvalue weighted by Crippen LogP contribution is -2.54. The van der Waals surface area contributed by atoms with E-state index in [1.165, 1.54) is 0 Å². The number of hydrogen-bond donors (Lipinski definition) is 2. The molecule has 1 aromatic rings. The van der Waals surface area contributed by atoms with Crippen LogP contribution in [0.25, 0.3) is 0 Å². The van der Waals surface area contributed by atoms with Gasteiger partial charge in [0, 0.05) is 39.4 Å². The van der Waals surface area contributed by atoms with Crippen LogP contribution in [-0.2, 0) is 20.9 Å². The van der Waals surface area contributed by atoms with Crippen molar-refractivity contribution in [3.05, 3.63) is 17.5 Å². The Labute approximate surface area is 190 Å². The summed E-state index contributed by atoms with van der Waals surface area (Å²) in [5.41, 5.74) is 0.846. The number of piperidine rings is 1. The summed E-state index contributed by atoms with van der Waals surface area (Å²) in [6.45, 7) is 9.05. The molecule has 2 aliphatic rings. The molecule has 0 aliphatic carbocycles. The monoisotopic (exact) mass is 447 g/mol. The van der Waals surface area contributed by atoms with E-state index in [9.17, 15) is 14.4 Å². The molecule has 0 bridgehead atoms. The third kappa shape index (κ3) is 5.68. The van der Waals surface area contributed by atoms with Crippen LogP contribution < -0.4 is 10.6 Å². The van der Waals surface area contributed by atoms with E-state index in [0.717, 1.165) is 31.4 Å². The van der Waals surface area contributed by atoms with Gasteiger partial charge in [0.05, 0.1) is 11.1 Å². The largest absolute Gasteiger partial charge is 0.381 e. The molecule has 3 rings (SSSR count). The number of ether oxygens (including phenoxy) is 1. The first-order valence-electron chi connectivity index (χ1n) is 11.9. The Bertz CT molecular complexity index is 813. The van der Waals surface area contributed by atoms with E-state index in [1.54, 1.807) is 11.6 Å². The van der Waals surface area contributed by atoms with Gasteiger partial charge in [-0.25, -0.2) is 0 Å². The molecule has 3 heterocycles. The van der Waals surface area contributed by atoms with Gasteiger partial charge in [0.25, 0.3) is 5.91 Å². The molecule has 32 heavy (non-hydrogen) atoms. The zero-order valence-electron chi connectivity index (χ0n) is 19.6. The molecule has 3 amide bonds. The smallest absolute Gasteiger partial charge is 0.272 e. The van der Waals surface area contributed by atoms with E-state index in [2.05, 4.69) is 15.7 Å². The summed E-state index contributed by atoms with van der Waals surface area (Å²) in [4.78, 5) is 40.6. The second-order valence-corrected chi connectivity index (χ2v) is 8.97. The van der Waals surface area contributed by atoms with Gasteiger partial charge in [0.15, 0.2) is 0 Å². The Balaban J connectivity index is 1.70. The van der Waals surface area contributed by atoms with Crippen molar-refractivity contribution in [3.63, 3.8) is 0 Å². The summed E-state index contributed by atoms with van der Waals surface area (Å²) in [7, 11) is 0. The normalized spacial score (nSPS) is 23.3. The Morgan fingerprint density at radius 3 is 2.62 bits per heavy atom. The SMILES string of the molecule is CCn1nc(C)cc1C(=O)N1CCC2(CCCCOCCCNC(=O)[C@H](C)NC2=O)CC1. The Morgan fingerprint density at radius 1 is 1.19 bits per heavy atom. The van der Waals surface area contributed by atoms with Crippen LogP contribution in [-0.4, -0.2) is 71.3 Å². The van der Waals surface area contributed by atoms with Crippen molar-refractivity contribution in [3.8, 4) is 0 Å². The molecule has 1 atom stereocenters. The van der Waals surface area contributed by atoms with E-state index in [0.29, 0.717) is 57.9 Å². The Morgan fingerprint density at radius 2 is 1.91 bits per heavy atom. The molecule has 0 unspecified atom stereocenters.